The van der Waals surface area contributed by atoms with Gasteiger partial charge in [-0.1, -0.05) is 35.3 Å². The summed E-state index contributed by atoms with van der Waals surface area (Å²) < 4.78 is 68.1. The van der Waals surface area contributed by atoms with E-state index in [0.717, 1.165) is 24.3 Å². The number of hydrogen-bond acceptors (Lipinski definition) is 2. The van der Waals surface area contributed by atoms with Gasteiger partial charge in [0.2, 0.25) is 0 Å². The van der Waals surface area contributed by atoms with Crippen molar-refractivity contribution in [2.75, 3.05) is 10.6 Å². The molecule has 2 N–H and O–H groups in total. The molecule has 0 aromatic heterocycles. The van der Waals surface area contributed by atoms with Crippen LogP contribution in [0.4, 0.5) is 33.3 Å². The summed E-state index contributed by atoms with van der Waals surface area (Å²) >= 11 is 11.4. The molecule has 0 unspecified atom stereocenters. The molecule has 0 atom stereocenters. The van der Waals surface area contributed by atoms with Crippen LogP contribution in [0.1, 0.15) is 26.3 Å². The monoisotopic (exact) mass is 488 g/mol. The van der Waals surface area contributed by atoms with Gasteiger partial charge in [0.05, 0.1) is 32.4 Å². The van der Waals surface area contributed by atoms with E-state index in [4.69, 9.17) is 23.2 Å². The highest BCUT2D eigenvalue weighted by atomic mass is 35.5. The van der Waals surface area contributed by atoms with Gasteiger partial charge in [-0.3, -0.25) is 9.59 Å². The first kappa shape index (κ1) is 23.5. The quantitative estimate of drug-likeness (QED) is 0.313. The highest BCUT2D eigenvalue weighted by Crippen LogP contribution is 2.37. The lowest BCUT2D eigenvalue weighted by Crippen LogP contribution is -2.18. The van der Waals surface area contributed by atoms with Crippen molar-refractivity contribution in [1.29, 1.82) is 0 Å². The first-order valence-electron chi connectivity index (χ1n) is 8.70. The Morgan fingerprint density at radius 1 is 0.750 bits per heavy atom. The molecule has 166 valence electrons. The molecule has 0 saturated carbocycles. The van der Waals surface area contributed by atoms with Crippen LogP contribution in [0.5, 0.6) is 0 Å². The first-order chi connectivity index (χ1) is 15.0. The van der Waals surface area contributed by atoms with E-state index in [1.54, 1.807) is 0 Å². The molecule has 0 aliphatic rings. The minimum absolute atomic E-state index is 0.267. The van der Waals surface area contributed by atoms with Crippen LogP contribution in [0.15, 0.2) is 54.6 Å². The minimum atomic E-state index is -4.93. The van der Waals surface area contributed by atoms with Gasteiger partial charge >= 0.3 is 6.18 Å². The van der Waals surface area contributed by atoms with E-state index in [1.165, 1.54) is 18.2 Å². The molecule has 0 fully saturated rings. The second kappa shape index (κ2) is 9.13. The van der Waals surface area contributed by atoms with E-state index in [1.807, 2.05) is 5.32 Å². The Kier molecular flexibility index (Phi) is 6.71. The Bertz CT molecular complexity index is 1220. The number of anilines is 2. The molecule has 0 bridgehead atoms. The van der Waals surface area contributed by atoms with Crippen molar-refractivity contribution < 1.29 is 31.5 Å². The summed E-state index contributed by atoms with van der Waals surface area (Å²) in [4.78, 5) is 24.6. The largest absolute Gasteiger partial charge is 0.418 e. The maximum absolute atomic E-state index is 13.7. The van der Waals surface area contributed by atoms with Crippen LogP contribution in [-0.4, -0.2) is 11.8 Å². The van der Waals surface area contributed by atoms with Crippen molar-refractivity contribution in [2.45, 2.75) is 6.18 Å². The van der Waals surface area contributed by atoms with E-state index in [9.17, 15) is 31.5 Å². The van der Waals surface area contributed by atoms with Gasteiger partial charge in [0, 0.05) is 5.69 Å². The summed E-state index contributed by atoms with van der Waals surface area (Å²) in [5.41, 5.74) is -3.06. The fraction of sp³-hybridized carbons (Fsp3) is 0.0476. The summed E-state index contributed by atoms with van der Waals surface area (Å²) in [7, 11) is 0. The molecule has 0 aliphatic carbocycles. The molecule has 2 amide bonds. The Hall–Kier alpha value is -3.17. The normalized spacial score (nSPS) is 11.2. The van der Waals surface area contributed by atoms with Crippen molar-refractivity contribution in [3.05, 3.63) is 93.0 Å². The molecule has 0 heterocycles. The summed E-state index contributed by atoms with van der Waals surface area (Å²) in [5.74, 6) is -3.91. The molecule has 3 rings (SSSR count). The van der Waals surface area contributed by atoms with Crippen LogP contribution in [0, 0.1) is 11.6 Å². The van der Waals surface area contributed by atoms with Crippen LogP contribution >= 0.6 is 23.2 Å². The van der Waals surface area contributed by atoms with Gasteiger partial charge in [0.25, 0.3) is 11.8 Å². The second-order valence-corrected chi connectivity index (χ2v) is 7.21. The van der Waals surface area contributed by atoms with E-state index in [2.05, 4.69) is 5.32 Å². The fourth-order valence-electron chi connectivity index (χ4n) is 2.70. The van der Waals surface area contributed by atoms with Gasteiger partial charge in [-0.2, -0.15) is 13.2 Å². The molecule has 32 heavy (non-hydrogen) atoms. The highest BCUT2D eigenvalue weighted by Gasteiger charge is 2.34. The lowest BCUT2D eigenvalue weighted by molar-refractivity contribution is -0.136. The van der Waals surface area contributed by atoms with Crippen LogP contribution < -0.4 is 10.6 Å². The predicted octanol–water partition coefficient (Wildman–Crippen LogP) is 6.80. The van der Waals surface area contributed by atoms with E-state index >= 15 is 0 Å². The van der Waals surface area contributed by atoms with Gasteiger partial charge in [0.15, 0.2) is 0 Å². The Balaban J connectivity index is 1.91. The van der Waals surface area contributed by atoms with E-state index in [0.29, 0.717) is 12.1 Å². The number of halogens is 7. The number of nitrogens with one attached hydrogen (secondary N) is 2. The summed E-state index contributed by atoms with van der Waals surface area (Å²) in [5, 5.41) is 3.56. The zero-order chi connectivity index (χ0) is 23.6. The fourth-order valence-corrected chi connectivity index (χ4v) is 3.16. The molecule has 11 heteroatoms. The van der Waals surface area contributed by atoms with E-state index in [-0.39, 0.29) is 21.3 Å². The van der Waals surface area contributed by atoms with Crippen molar-refractivity contribution in [3.8, 4) is 0 Å². The highest BCUT2D eigenvalue weighted by molar-refractivity contribution is 6.37. The number of carbonyl (C=O) groups excluding carboxylic acids is 2. The Morgan fingerprint density at radius 2 is 1.41 bits per heavy atom. The topological polar surface area (TPSA) is 58.2 Å². The molecule has 0 spiro atoms. The van der Waals surface area contributed by atoms with Gasteiger partial charge in [-0.05, 0) is 42.5 Å². The van der Waals surface area contributed by atoms with Crippen LogP contribution in [0.2, 0.25) is 10.0 Å². The molecule has 0 saturated heterocycles. The van der Waals surface area contributed by atoms with Crippen LogP contribution in [0.25, 0.3) is 0 Å². The third-order valence-corrected chi connectivity index (χ3v) is 4.81. The van der Waals surface area contributed by atoms with Crippen LogP contribution in [0.3, 0.4) is 0 Å². The standard InChI is InChI=1S/C21H11Cl2F5N2O2/c22-14-9-15(23)17(25)8-12(14)20(32)30-18-6-5-10(7-13(18)21(26,27)28)29-19(31)11-3-1-2-4-16(11)24/h1-9H,(H,29,31)(H,30,32). The van der Waals surface area contributed by atoms with Gasteiger partial charge in [0.1, 0.15) is 11.6 Å². The van der Waals surface area contributed by atoms with Crippen molar-refractivity contribution in [2.24, 2.45) is 0 Å². The summed E-state index contributed by atoms with van der Waals surface area (Å²) in [6, 6.07) is 9.10. The minimum Gasteiger partial charge on any atom is -0.322 e. The smallest absolute Gasteiger partial charge is 0.322 e. The number of alkyl halides is 3. The number of benzene rings is 3. The molecule has 0 radical (unpaired) electrons. The maximum Gasteiger partial charge on any atom is 0.418 e. The van der Waals surface area contributed by atoms with Crippen molar-refractivity contribution >= 4 is 46.4 Å². The molecular formula is C21H11Cl2F5N2O2. The SMILES string of the molecule is O=C(Nc1ccc(NC(=O)c2cc(F)c(Cl)cc2Cl)c(C(F)(F)F)c1)c1ccccc1F. The first-order valence-corrected chi connectivity index (χ1v) is 9.46. The number of amides is 2. The van der Waals surface area contributed by atoms with E-state index < -0.39 is 46.4 Å². The third-order valence-electron chi connectivity index (χ3n) is 4.20. The lowest BCUT2D eigenvalue weighted by atomic mass is 10.1. The summed E-state index contributed by atoms with van der Waals surface area (Å²) in [6.07, 6.45) is -4.93. The Labute approximate surface area is 187 Å². The van der Waals surface area contributed by atoms with Crippen molar-refractivity contribution in [1.82, 2.24) is 0 Å². The molecular weight excluding hydrogens is 478 g/mol. The average molecular weight is 489 g/mol. The van der Waals surface area contributed by atoms with Gasteiger partial charge in [-0.15, -0.1) is 0 Å². The zero-order valence-electron chi connectivity index (χ0n) is 15.7. The van der Waals surface area contributed by atoms with Crippen LogP contribution in [-0.2, 0) is 6.18 Å². The zero-order valence-corrected chi connectivity index (χ0v) is 17.2. The lowest BCUT2D eigenvalue weighted by Gasteiger charge is -2.16. The number of hydrogen-bond donors (Lipinski definition) is 2. The second-order valence-electron chi connectivity index (χ2n) is 6.39. The maximum atomic E-state index is 13.7. The number of rotatable bonds is 4. The van der Waals surface area contributed by atoms with Gasteiger partial charge in [-0.25, -0.2) is 8.78 Å². The predicted molar refractivity (Wildman–Crippen MR) is 110 cm³/mol. The third kappa shape index (κ3) is 5.17. The molecule has 3 aromatic carbocycles. The van der Waals surface area contributed by atoms with Crippen molar-refractivity contribution in [3.63, 3.8) is 0 Å². The molecule has 4 nitrogen and oxygen atoms in total. The molecule has 3 aromatic rings. The number of carbonyl (C=O) groups is 2. The molecule has 0 aliphatic heterocycles. The Morgan fingerprint density at radius 3 is 2.06 bits per heavy atom. The summed E-state index contributed by atoms with van der Waals surface area (Å²) in [6.45, 7) is 0. The van der Waals surface area contributed by atoms with Gasteiger partial charge < -0.3 is 10.6 Å². The average Bonchev–Trinajstić information content (AvgIpc) is 2.71.